The summed E-state index contributed by atoms with van der Waals surface area (Å²) in [4.78, 5) is 0. The molecule has 1 N–H and O–H groups in total. The lowest BCUT2D eigenvalue weighted by Crippen LogP contribution is -2.47. The van der Waals surface area contributed by atoms with Gasteiger partial charge in [-0.3, -0.25) is 0 Å². The van der Waals surface area contributed by atoms with Gasteiger partial charge in [0.15, 0.2) is 0 Å². The summed E-state index contributed by atoms with van der Waals surface area (Å²) in [5.41, 5.74) is 0. The molecule has 0 amide bonds. The first kappa shape index (κ1) is 6.59. The van der Waals surface area contributed by atoms with Gasteiger partial charge >= 0.3 is 0 Å². The summed E-state index contributed by atoms with van der Waals surface area (Å²) in [6, 6.07) is 0. The number of piperidine rings is 1. The lowest BCUT2D eigenvalue weighted by atomic mass is 9.77. The number of nitrogens with one attached hydrogen (secondary N) is 1. The second kappa shape index (κ2) is 2.50. The van der Waals surface area contributed by atoms with Crippen molar-refractivity contribution >= 4 is 0 Å². The van der Waals surface area contributed by atoms with Crippen LogP contribution in [0.25, 0.3) is 0 Å². The molecule has 2 aliphatic rings. The molecular weight excluding hydrogens is 129 g/mol. The predicted octanol–water partition coefficient (Wildman–Crippen LogP) is 1.34. The number of halogens is 1. The predicted molar refractivity (Wildman–Crippen MR) is 38.6 cm³/mol. The maximum absolute atomic E-state index is 13.3. The average Bonchev–Trinajstić information content (AvgIpc) is 1.86. The zero-order valence-corrected chi connectivity index (χ0v) is 6.15. The highest BCUT2D eigenvalue weighted by Gasteiger charge is 2.35. The van der Waals surface area contributed by atoms with E-state index in [1.54, 1.807) is 0 Å². The Morgan fingerprint density at radius 3 is 2.20 bits per heavy atom. The van der Waals surface area contributed by atoms with Gasteiger partial charge in [0.1, 0.15) is 6.17 Å². The highest BCUT2D eigenvalue weighted by atomic mass is 19.1. The minimum Gasteiger partial charge on any atom is -0.316 e. The fourth-order valence-electron chi connectivity index (χ4n) is 2.23. The standard InChI is InChI=1S/C8H14FN/c9-8-6-2-1-3-7(8)5-10-4-6/h6-8,10H,1-5H2. The van der Waals surface area contributed by atoms with E-state index < -0.39 is 6.17 Å². The SMILES string of the molecule is FC1C2CCCC1CNC2. The summed E-state index contributed by atoms with van der Waals surface area (Å²) >= 11 is 0. The normalized spacial score (nSPS) is 47.1. The first-order chi connectivity index (χ1) is 4.88. The van der Waals surface area contributed by atoms with Gasteiger partial charge in [0.25, 0.3) is 0 Å². The number of hydrogen-bond acceptors (Lipinski definition) is 1. The number of rotatable bonds is 0. The molecule has 10 heavy (non-hydrogen) atoms. The molecule has 2 rings (SSSR count). The third-order valence-electron chi connectivity index (χ3n) is 2.86. The first-order valence-corrected chi connectivity index (χ1v) is 4.22. The van der Waals surface area contributed by atoms with Crippen LogP contribution in [-0.2, 0) is 0 Å². The molecule has 2 bridgehead atoms. The van der Waals surface area contributed by atoms with Crippen LogP contribution in [-0.4, -0.2) is 19.3 Å². The van der Waals surface area contributed by atoms with Crippen molar-refractivity contribution in [2.24, 2.45) is 11.8 Å². The molecule has 1 nitrogen and oxygen atoms in total. The van der Waals surface area contributed by atoms with Crippen LogP contribution in [0.3, 0.4) is 0 Å². The smallest absolute Gasteiger partial charge is 0.108 e. The third kappa shape index (κ3) is 0.947. The molecule has 1 heterocycles. The van der Waals surface area contributed by atoms with Gasteiger partial charge < -0.3 is 5.32 Å². The first-order valence-electron chi connectivity index (χ1n) is 4.22. The monoisotopic (exact) mass is 143 g/mol. The Morgan fingerprint density at radius 1 is 1.10 bits per heavy atom. The fraction of sp³-hybridized carbons (Fsp3) is 1.00. The average molecular weight is 143 g/mol. The summed E-state index contributed by atoms with van der Waals surface area (Å²) in [6.07, 6.45) is 2.96. The van der Waals surface area contributed by atoms with Crippen LogP contribution < -0.4 is 5.32 Å². The summed E-state index contributed by atoms with van der Waals surface area (Å²) in [6.45, 7) is 1.83. The molecule has 0 radical (unpaired) electrons. The summed E-state index contributed by atoms with van der Waals surface area (Å²) < 4.78 is 13.3. The van der Waals surface area contributed by atoms with Crippen LogP contribution in [0.4, 0.5) is 4.39 Å². The molecule has 2 atom stereocenters. The number of fused-ring (bicyclic) bond motifs is 2. The van der Waals surface area contributed by atoms with E-state index in [4.69, 9.17) is 0 Å². The van der Waals surface area contributed by atoms with Crippen molar-refractivity contribution in [1.29, 1.82) is 0 Å². The maximum Gasteiger partial charge on any atom is 0.108 e. The van der Waals surface area contributed by atoms with Crippen LogP contribution in [0.5, 0.6) is 0 Å². The number of alkyl halides is 1. The van der Waals surface area contributed by atoms with Gasteiger partial charge in [0.2, 0.25) is 0 Å². The van der Waals surface area contributed by atoms with Gasteiger partial charge in [-0.2, -0.15) is 0 Å². The number of hydrogen-bond donors (Lipinski definition) is 1. The highest BCUT2D eigenvalue weighted by Crippen LogP contribution is 2.33. The van der Waals surface area contributed by atoms with Crippen LogP contribution in [0.1, 0.15) is 19.3 Å². The van der Waals surface area contributed by atoms with E-state index in [1.165, 1.54) is 6.42 Å². The zero-order chi connectivity index (χ0) is 6.97. The van der Waals surface area contributed by atoms with Crippen molar-refractivity contribution in [2.75, 3.05) is 13.1 Å². The van der Waals surface area contributed by atoms with Crippen molar-refractivity contribution < 1.29 is 4.39 Å². The van der Waals surface area contributed by atoms with E-state index in [0.717, 1.165) is 25.9 Å². The van der Waals surface area contributed by atoms with Crippen LogP contribution in [0, 0.1) is 11.8 Å². The minimum absolute atomic E-state index is 0.340. The van der Waals surface area contributed by atoms with Crippen LogP contribution in [0.2, 0.25) is 0 Å². The van der Waals surface area contributed by atoms with Crippen molar-refractivity contribution in [3.05, 3.63) is 0 Å². The lowest BCUT2D eigenvalue weighted by Gasteiger charge is -2.38. The molecule has 1 aliphatic carbocycles. The van der Waals surface area contributed by atoms with Crippen molar-refractivity contribution in [1.82, 2.24) is 5.32 Å². The fourth-order valence-corrected chi connectivity index (χ4v) is 2.23. The molecule has 0 spiro atoms. The van der Waals surface area contributed by atoms with Crippen LogP contribution >= 0.6 is 0 Å². The Kier molecular flexibility index (Phi) is 1.65. The van der Waals surface area contributed by atoms with Crippen molar-refractivity contribution in [2.45, 2.75) is 25.4 Å². The zero-order valence-electron chi connectivity index (χ0n) is 6.15. The molecule has 0 aromatic heterocycles. The third-order valence-corrected chi connectivity index (χ3v) is 2.86. The summed E-state index contributed by atoms with van der Waals surface area (Å²) in [5, 5.41) is 3.28. The van der Waals surface area contributed by atoms with Gasteiger partial charge in [-0.15, -0.1) is 0 Å². The van der Waals surface area contributed by atoms with Crippen LogP contribution in [0.15, 0.2) is 0 Å². The molecule has 0 aromatic rings. The van der Waals surface area contributed by atoms with Gasteiger partial charge in [-0.25, -0.2) is 4.39 Å². The van der Waals surface area contributed by atoms with Gasteiger partial charge in [-0.1, -0.05) is 6.42 Å². The summed E-state index contributed by atoms with van der Waals surface area (Å²) in [5.74, 6) is 0.681. The van der Waals surface area contributed by atoms with E-state index in [0.29, 0.717) is 11.8 Å². The van der Waals surface area contributed by atoms with E-state index in [9.17, 15) is 4.39 Å². The molecular formula is C8H14FN. The Morgan fingerprint density at radius 2 is 1.70 bits per heavy atom. The summed E-state index contributed by atoms with van der Waals surface area (Å²) in [7, 11) is 0. The largest absolute Gasteiger partial charge is 0.316 e. The molecule has 58 valence electrons. The van der Waals surface area contributed by atoms with Gasteiger partial charge in [0, 0.05) is 24.9 Å². The molecule has 1 aliphatic heterocycles. The van der Waals surface area contributed by atoms with E-state index in [2.05, 4.69) is 5.32 Å². The topological polar surface area (TPSA) is 12.0 Å². The molecule has 2 heteroatoms. The molecule has 1 saturated heterocycles. The highest BCUT2D eigenvalue weighted by molar-refractivity contribution is 4.88. The Bertz CT molecular complexity index is 104. The van der Waals surface area contributed by atoms with Gasteiger partial charge in [0.05, 0.1) is 0 Å². The quantitative estimate of drug-likeness (QED) is 0.539. The molecule has 1 saturated carbocycles. The minimum atomic E-state index is -0.491. The Labute approximate surface area is 61.0 Å². The van der Waals surface area contributed by atoms with Crippen molar-refractivity contribution in [3.8, 4) is 0 Å². The van der Waals surface area contributed by atoms with E-state index in [1.807, 2.05) is 0 Å². The lowest BCUT2D eigenvalue weighted by molar-refractivity contribution is 0.0673. The molecule has 0 aromatic carbocycles. The molecule has 2 unspecified atom stereocenters. The molecule has 2 fully saturated rings. The van der Waals surface area contributed by atoms with Gasteiger partial charge in [-0.05, 0) is 12.8 Å². The van der Waals surface area contributed by atoms with Crippen molar-refractivity contribution in [3.63, 3.8) is 0 Å². The van der Waals surface area contributed by atoms with E-state index in [-0.39, 0.29) is 0 Å². The second-order valence-corrected chi connectivity index (χ2v) is 3.55. The Hall–Kier alpha value is -0.110. The maximum atomic E-state index is 13.3. The second-order valence-electron chi connectivity index (χ2n) is 3.55. The Balaban J connectivity index is 2.05. The van der Waals surface area contributed by atoms with E-state index >= 15 is 0 Å².